The van der Waals surface area contributed by atoms with Crippen molar-refractivity contribution in [1.82, 2.24) is 0 Å². The van der Waals surface area contributed by atoms with Crippen molar-refractivity contribution in [3.8, 4) is 6.07 Å². The number of nitrogens with one attached hydrogen (secondary N) is 1. The summed E-state index contributed by atoms with van der Waals surface area (Å²) in [7, 11) is 0. The third-order valence-corrected chi connectivity index (χ3v) is 4.49. The second-order valence-electron chi connectivity index (χ2n) is 6.38. The number of piperidine rings is 1. The van der Waals surface area contributed by atoms with Crippen LogP contribution in [-0.4, -0.2) is 24.3 Å². The maximum Gasteiger partial charge on any atom is 0.126 e. The molecule has 126 valence electrons. The molecular formula is C19H23N3O2. The van der Waals surface area contributed by atoms with Crippen molar-refractivity contribution in [2.45, 2.75) is 38.8 Å². The van der Waals surface area contributed by atoms with Crippen molar-refractivity contribution in [1.29, 1.82) is 5.26 Å². The average molecular weight is 325 g/mol. The lowest BCUT2D eigenvalue weighted by molar-refractivity contribution is 0.145. The smallest absolute Gasteiger partial charge is 0.126 e. The van der Waals surface area contributed by atoms with Crippen LogP contribution in [0.3, 0.4) is 0 Å². The van der Waals surface area contributed by atoms with Crippen LogP contribution in [0.2, 0.25) is 0 Å². The SMILES string of the molecule is Cc1ccc(C(C)Nc2ccc(N3CCC(O)CC3)c(C#N)c2)o1. The van der Waals surface area contributed by atoms with Crippen LogP contribution in [0.1, 0.15) is 42.9 Å². The molecule has 2 heterocycles. The van der Waals surface area contributed by atoms with Crippen LogP contribution in [0.15, 0.2) is 34.7 Å². The highest BCUT2D eigenvalue weighted by Gasteiger charge is 2.20. The third-order valence-electron chi connectivity index (χ3n) is 4.49. The normalized spacial score (nSPS) is 16.7. The number of hydrogen-bond acceptors (Lipinski definition) is 5. The molecule has 5 nitrogen and oxygen atoms in total. The van der Waals surface area contributed by atoms with Crippen molar-refractivity contribution in [2.75, 3.05) is 23.3 Å². The lowest BCUT2D eigenvalue weighted by Gasteiger charge is -2.32. The second kappa shape index (κ2) is 6.98. The van der Waals surface area contributed by atoms with Crippen LogP contribution < -0.4 is 10.2 Å². The molecule has 0 amide bonds. The minimum absolute atomic E-state index is 0.0289. The zero-order valence-corrected chi connectivity index (χ0v) is 14.1. The van der Waals surface area contributed by atoms with E-state index in [1.807, 2.05) is 44.2 Å². The van der Waals surface area contributed by atoms with E-state index < -0.39 is 0 Å². The van der Waals surface area contributed by atoms with Crippen LogP contribution in [0.4, 0.5) is 11.4 Å². The number of hydrogen-bond donors (Lipinski definition) is 2. The van der Waals surface area contributed by atoms with Crippen LogP contribution in [0, 0.1) is 18.3 Å². The van der Waals surface area contributed by atoms with E-state index in [2.05, 4.69) is 16.3 Å². The van der Waals surface area contributed by atoms with Gasteiger partial charge in [0.25, 0.3) is 0 Å². The molecule has 0 aliphatic carbocycles. The van der Waals surface area contributed by atoms with Gasteiger partial charge in [-0.25, -0.2) is 0 Å². The molecule has 1 saturated heterocycles. The maximum atomic E-state index is 9.64. The topological polar surface area (TPSA) is 72.4 Å². The fourth-order valence-electron chi connectivity index (χ4n) is 3.11. The van der Waals surface area contributed by atoms with Gasteiger partial charge in [0, 0.05) is 18.8 Å². The predicted molar refractivity (Wildman–Crippen MR) is 94.1 cm³/mol. The van der Waals surface area contributed by atoms with Crippen molar-refractivity contribution >= 4 is 11.4 Å². The number of aryl methyl sites for hydroxylation is 1. The first kappa shape index (κ1) is 16.4. The number of nitriles is 1. The van der Waals surface area contributed by atoms with Crippen LogP contribution >= 0.6 is 0 Å². The van der Waals surface area contributed by atoms with Gasteiger partial charge in [0.15, 0.2) is 0 Å². The van der Waals surface area contributed by atoms with E-state index in [1.165, 1.54) is 0 Å². The van der Waals surface area contributed by atoms with Gasteiger partial charge in [-0.1, -0.05) is 0 Å². The summed E-state index contributed by atoms with van der Waals surface area (Å²) < 4.78 is 5.64. The lowest BCUT2D eigenvalue weighted by Crippen LogP contribution is -2.36. The third kappa shape index (κ3) is 3.55. The Balaban J connectivity index is 1.75. The van der Waals surface area contributed by atoms with E-state index in [9.17, 15) is 10.4 Å². The summed E-state index contributed by atoms with van der Waals surface area (Å²) in [6, 6.07) is 12.1. The van der Waals surface area contributed by atoms with Crippen LogP contribution in [0.25, 0.3) is 0 Å². The minimum atomic E-state index is -0.217. The number of furan rings is 1. The number of aliphatic hydroxyl groups excluding tert-OH is 1. The molecule has 1 aliphatic rings. The Bertz CT molecular complexity index is 739. The Morgan fingerprint density at radius 2 is 2.04 bits per heavy atom. The van der Waals surface area contributed by atoms with Gasteiger partial charge in [-0.2, -0.15) is 5.26 Å². The molecule has 5 heteroatoms. The zero-order chi connectivity index (χ0) is 17.1. The Morgan fingerprint density at radius 3 is 2.67 bits per heavy atom. The van der Waals surface area contributed by atoms with E-state index in [0.29, 0.717) is 5.56 Å². The van der Waals surface area contributed by atoms with E-state index in [0.717, 1.165) is 48.8 Å². The molecule has 1 fully saturated rings. The summed E-state index contributed by atoms with van der Waals surface area (Å²) in [5.74, 6) is 1.76. The first-order chi connectivity index (χ1) is 11.6. The molecule has 1 atom stereocenters. The van der Waals surface area contributed by atoms with Crippen LogP contribution in [0.5, 0.6) is 0 Å². The first-order valence-electron chi connectivity index (χ1n) is 8.37. The van der Waals surface area contributed by atoms with Crippen molar-refractivity contribution in [2.24, 2.45) is 0 Å². The second-order valence-corrected chi connectivity index (χ2v) is 6.38. The van der Waals surface area contributed by atoms with E-state index in [1.54, 1.807) is 0 Å². The largest absolute Gasteiger partial charge is 0.464 e. The molecule has 0 radical (unpaired) electrons. The maximum absolute atomic E-state index is 9.64. The first-order valence-corrected chi connectivity index (χ1v) is 8.37. The molecule has 0 bridgehead atoms. The number of nitrogens with zero attached hydrogens (tertiary/aromatic N) is 2. The molecule has 2 N–H and O–H groups in total. The average Bonchev–Trinajstić information content (AvgIpc) is 3.02. The predicted octanol–water partition coefficient (Wildman–Crippen LogP) is 3.59. The summed E-state index contributed by atoms with van der Waals surface area (Å²) in [6.45, 7) is 5.52. The van der Waals surface area contributed by atoms with Gasteiger partial charge in [-0.15, -0.1) is 0 Å². The Morgan fingerprint density at radius 1 is 1.29 bits per heavy atom. The molecule has 3 rings (SSSR count). The molecular weight excluding hydrogens is 302 g/mol. The molecule has 1 aromatic carbocycles. The molecule has 1 aromatic heterocycles. The Hall–Kier alpha value is -2.45. The van der Waals surface area contributed by atoms with E-state index >= 15 is 0 Å². The quantitative estimate of drug-likeness (QED) is 0.898. The van der Waals surface area contributed by atoms with E-state index in [4.69, 9.17) is 4.42 Å². The number of rotatable bonds is 4. The van der Waals surface area contributed by atoms with Gasteiger partial charge in [-0.3, -0.25) is 0 Å². The van der Waals surface area contributed by atoms with Gasteiger partial charge >= 0.3 is 0 Å². The van der Waals surface area contributed by atoms with Crippen LogP contribution in [-0.2, 0) is 0 Å². The van der Waals surface area contributed by atoms with Gasteiger partial charge in [-0.05, 0) is 57.0 Å². The molecule has 0 spiro atoms. The number of benzene rings is 1. The van der Waals surface area contributed by atoms with Crippen molar-refractivity contribution in [3.63, 3.8) is 0 Å². The van der Waals surface area contributed by atoms with Crippen molar-refractivity contribution < 1.29 is 9.52 Å². The summed E-state index contributed by atoms with van der Waals surface area (Å²) in [6.07, 6.45) is 1.28. The highest BCUT2D eigenvalue weighted by Crippen LogP contribution is 2.28. The fraction of sp³-hybridized carbons (Fsp3) is 0.421. The highest BCUT2D eigenvalue weighted by molar-refractivity contribution is 5.66. The molecule has 0 saturated carbocycles. The Kier molecular flexibility index (Phi) is 4.77. The summed E-state index contributed by atoms with van der Waals surface area (Å²) >= 11 is 0. The molecule has 2 aromatic rings. The Labute approximate surface area is 142 Å². The van der Waals surface area contributed by atoms with Gasteiger partial charge in [0.1, 0.15) is 17.6 Å². The standard InChI is InChI=1S/C19H23N3O2/c1-13-3-6-19(24-13)14(2)21-16-4-5-18(15(11-16)12-20)22-9-7-17(23)8-10-22/h3-6,11,14,17,21,23H,7-10H2,1-2H3. The lowest BCUT2D eigenvalue weighted by atomic mass is 10.0. The van der Waals surface area contributed by atoms with Gasteiger partial charge < -0.3 is 19.7 Å². The van der Waals surface area contributed by atoms with Gasteiger partial charge in [0.05, 0.1) is 23.4 Å². The van der Waals surface area contributed by atoms with Gasteiger partial charge in [0.2, 0.25) is 0 Å². The van der Waals surface area contributed by atoms with Crippen molar-refractivity contribution in [3.05, 3.63) is 47.4 Å². The zero-order valence-electron chi connectivity index (χ0n) is 14.1. The summed E-state index contributed by atoms with van der Waals surface area (Å²) in [5, 5.41) is 22.5. The number of aliphatic hydroxyl groups is 1. The molecule has 1 aliphatic heterocycles. The minimum Gasteiger partial charge on any atom is -0.464 e. The molecule has 1 unspecified atom stereocenters. The van der Waals surface area contributed by atoms with E-state index in [-0.39, 0.29) is 12.1 Å². The molecule has 24 heavy (non-hydrogen) atoms. The highest BCUT2D eigenvalue weighted by atomic mass is 16.3. The fourth-order valence-corrected chi connectivity index (χ4v) is 3.11. The summed E-state index contributed by atoms with van der Waals surface area (Å²) in [5.41, 5.74) is 2.49. The summed E-state index contributed by atoms with van der Waals surface area (Å²) in [4.78, 5) is 2.17. The number of anilines is 2. The monoisotopic (exact) mass is 325 g/mol.